The van der Waals surface area contributed by atoms with Crippen molar-refractivity contribution in [2.75, 3.05) is 0 Å². The van der Waals surface area contributed by atoms with Gasteiger partial charge in [-0.3, -0.25) is 4.79 Å². The molecule has 6 nitrogen and oxygen atoms in total. The summed E-state index contributed by atoms with van der Waals surface area (Å²) < 4.78 is 13.9. The smallest absolute Gasteiger partial charge is 0.304 e. The number of aromatic nitrogens is 1. The van der Waals surface area contributed by atoms with Gasteiger partial charge in [-0.1, -0.05) is 6.07 Å². The number of benzene rings is 2. The van der Waals surface area contributed by atoms with Crippen LogP contribution in [0.5, 0.6) is 11.5 Å². The third-order valence-corrected chi connectivity index (χ3v) is 5.78. The standard InChI is InChI=1S/C25H26N2O4/c1-15(2)31-23-7-4-17(10-19(23)13-26)14-30-20-5-6-22-21(12-20)16(3)25-18(11-24(28)29)8-9-27(22)25/h4-7,10,12,15,18H,8-9,11,14H2,1-3H3,(H,28,29)/t18-/m0/s1. The zero-order valence-electron chi connectivity index (χ0n) is 18.0. The van der Waals surface area contributed by atoms with Crippen molar-refractivity contribution in [3.63, 3.8) is 0 Å². The van der Waals surface area contributed by atoms with Crippen molar-refractivity contribution < 1.29 is 19.4 Å². The minimum Gasteiger partial charge on any atom is -0.490 e. The lowest BCUT2D eigenvalue weighted by Crippen LogP contribution is -2.07. The Hall–Kier alpha value is -3.46. The molecule has 0 aliphatic carbocycles. The van der Waals surface area contributed by atoms with Crippen LogP contribution < -0.4 is 9.47 Å². The molecule has 1 aliphatic rings. The van der Waals surface area contributed by atoms with Crippen molar-refractivity contribution in [2.45, 2.75) is 58.8 Å². The Kier molecular flexibility index (Phi) is 5.60. The molecular formula is C25H26N2O4. The Labute approximate surface area is 181 Å². The second-order valence-electron chi connectivity index (χ2n) is 8.32. The van der Waals surface area contributed by atoms with E-state index in [0.717, 1.165) is 46.4 Å². The molecule has 0 unspecified atom stereocenters. The second kappa shape index (κ2) is 8.35. The number of ether oxygens (including phenoxy) is 2. The van der Waals surface area contributed by atoms with Crippen LogP contribution in [0.15, 0.2) is 36.4 Å². The van der Waals surface area contributed by atoms with Gasteiger partial charge in [0, 0.05) is 29.1 Å². The summed E-state index contributed by atoms with van der Waals surface area (Å²) in [5.74, 6) is 0.632. The van der Waals surface area contributed by atoms with Gasteiger partial charge in [-0.05, 0) is 68.7 Å². The summed E-state index contributed by atoms with van der Waals surface area (Å²) >= 11 is 0. The number of aliphatic carboxylic acids is 1. The molecule has 0 radical (unpaired) electrons. The van der Waals surface area contributed by atoms with Crippen LogP contribution in [0.2, 0.25) is 0 Å². The Morgan fingerprint density at radius 1 is 1.29 bits per heavy atom. The number of carboxylic acid groups (broad SMARTS) is 1. The Morgan fingerprint density at radius 3 is 2.81 bits per heavy atom. The van der Waals surface area contributed by atoms with Gasteiger partial charge in [-0.15, -0.1) is 0 Å². The predicted octanol–water partition coefficient (Wildman–Crippen LogP) is 5.15. The number of carboxylic acids is 1. The molecule has 3 aromatic rings. The van der Waals surface area contributed by atoms with Gasteiger partial charge in [-0.25, -0.2) is 0 Å². The minimum absolute atomic E-state index is 0.00306. The summed E-state index contributed by atoms with van der Waals surface area (Å²) in [6, 6.07) is 13.7. The van der Waals surface area contributed by atoms with Crippen molar-refractivity contribution in [1.82, 2.24) is 4.57 Å². The van der Waals surface area contributed by atoms with Gasteiger partial charge in [0.05, 0.1) is 18.1 Å². The third kappa shape index (κ3) is 4.09. The molecule has 1 atom stereocenters. The van der Waals surface area contributed by atoms with Crippen molar-refractivity contribution in [1.29, 1.82) is 5.26 Å². The number of hydrogen-bond donors (Lipinski definition) is 1. The van der Waals surface area contributed by atoms with Crippen LogP contribution >= 0.6 is 0 Å². The fraction of sp³-hybridized carbons (Fsp3) is 0.360. The summed E-state index contributed by atoms with van der Waals surface area (Å²) in [6.07, 6.45) is 1.04. The number of aryl methyl sites for hydroxylation is 2. The molecule has 4 rings (SSSR count). The maximum absolute atomic E-state index is 11.2. The average molecular weight is 418 g/mol. The molecule has 0 fully saturated rings. The van der Waals surface area contributed by atoms with E-state index in [1.54, 1.807) is 6.07 Å². The molecule has 6 heteroatoms. The highest BCUT2D eigenvalue weighted by atomic mass is 16.5. The Bertz CT molecular complexity index is 1190. The van der Waals surface area contributed by atoms with Gasteiger partial charge < -0.3 is 19.1 Å². The normalized spacial score (nSPS) is 15.1. The van der Waals surface area contributed by atoms with E-state index in [0.29, 0.717) is 17.9 Å². The first-order valence-corrected chi connectivity index (χ1v) is 10.5. The number of carbonyl (C=O) groups is 1. The van der Waals surface area contributed by atoms with E-state index in [1.165, 1.54) is 0 Å². The summed E-state index contributed by atoms with van der Waals surface area (Å²) in [5, 5.41) is 19.7. The van der Waals surface area contributed by atoms with Crippen LogP contribution in [0.1, 0.15) is 55.0 Å². The first-order valence-electron chi connectivity index (χ1n) is 10.5. The van der Waals surface area contributed by atoms with Crippen LogP contribution in [0.25, 0.3) is 10.9 Å². The predicted molar refractivity (Wildman–Crippen MR) is 118 cm³/mol. The third-order valence-electron chi connectivity index (χ3n) is 5.78. The average Bonchev–Trinajstić information content (AvgIpc) is 3.26. The van der Waals surface area contributed by atoms with Gasteiger partial charge in [0.2, 0.25) is 0 Å². The molecule has 31 heavy (non-hydrogen) atoms. The van der Waals surface area contributed by atoms with E-state index in [2.05, 4.69) is 17.6 Å². The molecule has 2 heterocycles. The maximum atomic E-state index is 11.2. The second-order valence-corrected chi connectivity index (χ2v) is 8.32. The van der Waals surface area contributed by atoms with E-state index in [-0.39, 0.29) is 18.4 Å². The SMILES string of the molecule is Cc1c2n(c3ccc(OCc4ccc(OC(C)C)c(C#N)c4)cc13)CC[C@H]2CC(=O)O. The van der Waals surface area contributed by atoms with Crippen molar-refractivity contribution in [2.24, 2.45) is 0 Å². The monoisotopic (exact) mass is 418 g/mol. The quantitative estimate of drug-likeness (QED) is 0.574. The van der Waals surface area contributed by atoms with Crippen molar-refractivity contribution >= 4 is 16.9 Å². The summed E-state index contributed by atoms with van der Waals surface area (Å²) in [7, 11) is 0. The molecule has 1 aromatic heterocycles. The van der Waals surface area contributed by atoms with Crippen LogP contribution in [-0.4, -0.2) is 21.7 Å². The Morgan fingerprint density at radius 2 is 2.10 bits per heavy atom. The van der Waals surface area contributed by atoms with Crippen molar-refractivity contribution in [3.8, 4) is 17.6 Å². The summed E-state index contributed by atoms with van der Waals surface area (Å²) in [5.41, 5.74) is 4.77. The first-order chi connectivity index (χ1) is 14.9. The van der Waals surface area contributed by atoms with Gasteiger partial charge in [0.25, 0.3) is 0 Å². The fourth-order valence-corrected chi connectivity index (χ4v) is 4.49. The van der Waals surface area contributed by atoms with E-state index in [4.69, 9.17) is 9.47 Å². The van der Waals surface area contributed by atoms with E-state index in [1.807, 2.05) is 44.2 Å². The van der Waals surface area contributed by atoms with Gasteiger partial charge in [-0.2, -0.15) is 5.26 Å². The summed E-state index contributed by atoms with van der Waals surface area (Å²) in [4.78, 5) is 11.2. The lowest BCUT2D eigenvalue weighted by Gasteiger charge is -2.13. The van der Waals surface area contributed by atoms with Gasteiger partial charge >= 0.3 is 5.97 Å². The highest BCUT2D eigenvalue weighted by Crippen LogP contribution is 2.40. The molecular weight excluding hydrogens is 392 g/mol. The molecule has 160 valence electrons. The minimum atomic E-state index is -0.756. The van der Waals surface area contributed by atoms with Crippen molar-refractivity contribution in [3.05, 3.63) is 58.8 Å². The lowest BCUT2D eigenvalue weighted by atomic mass is 9.97. The number of nitrogens with zero attached hydrogens (tertiary/aromatic N) is 2. The van der Waals surface area contributed by atoms with E-state index >= 15 is 0 Å². The molecule has 2 aromatic carbocycles. The number of nitriles is 1. The first kappa shape index (κ1) is 20.8. The fourth-order valence-electron chi connectivity index (χ4n) is 4.49. The molecule has 0 amide bonds. The van der Waals surface area contributed by atoms with Gasteiger partial charge in [0.1, 0.15) is 24.2 Å². The Balaban J connectivity index is 1.55. The lowest BCUT2D eigenvalue weighted by molar-refractivity contribution is -0.137. The molecule has 0 saturated carbocycles. The molecule has 0 spiro atoms. The number of hydrogen-bond acceptors (Lipinski definition) is 4. The zero-order chi connectivity index (χ0) is 22.1. The van der Waals surface area contributed by atoms with Crippen LogP contribution in [-0.2, 0) is 17.9 Å². The highest BCUT2D eigenvalue weighted by molar-refractivity contribution is 5.87. The van der Waals surface area contributed by atoms with E-state index < -0.39 is 5.97 Å². The number of rotatable bonds is 7. The molecule has 0 saturated heterocycles. The largest absolute Gasteiger partial charge is 0.490 e. The zero-order valence-corrected chi connectivity index (χ0v) is 18.0. The molecule has 1 N–H and O–H groups in total. The van der Waals surface area contributed by atoms with Crippen LogP contribution in [0.4, 0.5) is 0 Å². The maximum Gasteiger partial charge on any atom is 0.304 e. The molecule has 1 aliphatic heterocycles. The topological polar surface area (TPSA) is 84.5 Å². The van der Waals surface area contributed by atoms with Crippen LogP contribution in [0, 0.1) is 18.3 Å². The van der Waals surface area contributed by atoms with E-state index in [9.17, 15) is 15.2 Å². The summed E-state index contributed by atoms with van der Waals surface area (Å²) in [6.45, 7) is 7.11. The van der Waals surface area contributed by atoms with Crippen LogP contribution in [0.3, 0.4) is 0 Å². The number of fused-ring (bicyclic) bond motifs is 3. The van der Waals surface area contributed by atoms with Gasteiger partial charge in [0.15, 0.2) is 0 Å². The molecule has 0 bridgehead atoms. The highest BCUT2D eigenvalue weighted by Gasteiger charge is 2.29.